The summed E-state index contributed by atoms with van der Waals surface area (Å²) in [7, 11) is 0. The van der Waals surface area contributed by atoms with Gasteiger partial charge in [0.15, 0.2) is 0 Å². The van der Waals surface area contributed by atoms with E-state index in [2.05, 4.69) is 21.3 Å². The van der Waals surface area contributed by atoms with Crippen LogP contribution in [0.2, 0.25) is 0 Å². The number of ether oxygens (including phenoxy) is 3. The summed E-state index contributed by atoms with van der Waals surface area (Å²) in [6, 6.07) is 18.6. The molecule has 0 bridgehead atoms. The summed E-state index contributed by atoms with van der Waals surface area (Å²) in [5.41, 5.74) is 8.53. The lowest BCUT2D eigenvalue weighted by molar-refractivity contribution is -0.155. The average molecular weight is 844 g/mol. The number of rotatable bonds is 20. The van der Waals surface area contributed by atoms with Gasteiger partial charge in [-0.1, -0.05) is 78.9 Å². The normalized spacial score (nSPS) is 14.2. The summed E-state index contributed by atoms with van der Waals surface area (Å²) < 4.78 is 16.9. The number of carbonyl (C=O) groups is 7. The Morgan fingerprint density at radius 2 is 1.15 bits per heavy atom. The molecule has 5 amide bonds. The lowest BCUT2D eigenvalue weighted by atomic mass is 9.98. The van der Waals surface area contributed by atoms with Crippen LogP contribution in [0.15, 0.2) is 78.9 Å². The van der Waals surface area contributed by atoms with E-state index in [1.165, 1.54) is 0 Å². The van der Waals surface area contributed by atoms with Crippen LogP contribution in [0.4, 0.5) is 4.79 Å². The summed E-state index contributed by atoms with van der Waals surface area (Å²) in [5.74, 6) is -5.79. The van der Waals surface area contributed by atoms with Crippen molar-refractivity contribution in [2.24, 2.45) is 5.73 Å². The first-order valence-corrected chi connectivity index (χ1v) is 20.1. The molecule has 4 atom stereocenters. The van der Waals surface area contributed by atoms with Gasteiger partial charge in [-0.2, -0.15) is 0 Å². The number of amides is 5. The van der Waals surface area contributed by atoms with Crippen LogP contribution in [0.3, 0.4) is 0 Å². The van der Waals surface area contributed by atoms with E-state index in [1.807, 2.05) is 48.5 Å². The number of esters is 1. The van der Waals surface area contributed by atoms with Gasteiger partial charge < -0.3 is 46.3 Å². The Morgan fingerprint density at radius 3 is 1.70 bits per heavy atom. The van der Waals surface area contributed by atoms with E-state index in [9.17, 15) is 38.7 Å². The number of carboxylic acid groups (broad SMARTS) is 1. The zero-order valence-corrected chi connectivity index (χ0v) is 35.4. The molecule has 0 unspecified atom stereocenters. The molecular formula is C45H57N5O11. The van der Waals surface area contributed by atoms with E-state index in [-0.39, 0.29) is 51.2 Å². The van der Waals surface area contributed by atoms with Gasteiger partial charge in [0.1, 0.15) is 36.4 Å². The van der Waals surface area contributed by atoms with Gasteiger partial charge >= 0.3 is 18.0 Å². The number of nitrogens with one attached hydrogen (secondary N) is 4. The zero-order valence-electron chi connectivity index (χ0n) is 35.4. The minimum absolute atomic E-state index is 0.0220. The van der Waals surface area contributed by atoms with Crippen molar-refractivity contribution in [1.82, 2.24) is 21.3 Å². The van der Waals surface area contributed by atoms with Crippen molar-refractivity contribution >= 4 is 41.7 Å². The largest absolute Gasteiger partial charge is 0.480 e. The number of primary amides is 1. The van der Waals surface area contributed by atoms with Crippen molar-refractivity contribution < 1.29 is 52.9 Å². The second-order valence-electron chi connectivity index (χ2n) is 16.8. The van der Waals surface area contributed by atoms with E-state index in [0.29, 0.717) is 5.56 Å². The molecule has 0 radical (unpaired) electrons. The lowest BCUT2D eigenvalue weighted by Crippen LogP contribution is -2.59. The third-order valence-electron chi connectivity index (χ3n) is 9.54. The molecule has 16 heteroatoms. The number of hydrogen-bond donors (Lipinski definition) is 6. The molecule has 1 aliphatic carbocycles. The number of hydrogen-bond acceptors (Lipinski definition) is 10. The monoisotopic (exact) mass is 843 g/mol. The number of alkyl carbamates (subject to hydrolysis) is 1. The predicted octanol–water partition coefficient (Wildman–Crippen LogP) is 3.88. The third-order valence-corrected chi connectivity index (χ3v) is 9.54. The second-order valence-corrected chi connectivity index (χ2v) is 16.8. The Bertz CT molecular complexity index is 2000. The molecule has 1 aliphatic rings. The van der Waals surface area contributed by atoms with E-state index in [1.54, 1.807) is 71.9 Å². The fourth-order valence-electron chi connectivity index (χ4n) is 6.64. The number of carboxylic acids is 1. The molecule has 0 aromatic heterocycles. The highest BCUT2D eigenvalue weighted by molar-refractivity contribution is 5.95. The van der Waals surface area contributed by atoms with Crippen LogP contribution >= 0.6 is 0 Å². The van der Waals surface area contributed by atoms with E-state index in [4.69, 9.17) is 19.9 Å². The van der Waals surface area contributed by atoms with Crippen molar-refractivity contribution in [1.29, 1.82) is 0 Å². The molecule has 0 heterocycles. The number of nitrogens with two attached hydrogens (primary N) is 1. The zero-order chi connectivity index (χ0) is 44.9. The highest BCUT2D eigenvalue weighted by Gasteiger charge is 2.34. The van der Waals surface area contributed by atoms with Crippen LogP contribution in [-0.2, 0) is 49.4 Å². The van der Waals surface area contributed by atoms with Gasteiger partial charge in [-0.15, -0.1) is 0 Å². The van der Waals surface area contributed by atoms with Gasteiger partial charge in [0.2, 0.25) is 23.6 Å². The average Bonchev–Trinajstić information content (AvgIpc) is 3.50. The minimum atomic E-state index is -1.56. The molecule has 0 aliphatic heterocycles. The van der Waals surface area contributed by atoms with Crippen LogP contribution in [0, 0.1) is 0 Å². The fraction of sp³-hybridized carbons (Fsp3) is 0.444. The van der Waals surface area contributed by atoms with E-state index >= 15 is 0 Å². The first-order chi connectivity index (χ1) is 28.7. The molecule has 0 fully saturated rings. The van der Waals surface area contributed by atoms with Crippen molar-refractivity contribution in [3.05, 3.63) is 95.6 Å². The molecule has 0 spiro atoms. The van der Waals surface area contributed by atoms with Crippen molar-refractivity contribution in [3.8, 4) is 11.1 Å². The Kier molecular flexibility index (Phi) is 16.5. The van der Waals surface area contributed by atoms with Crippen LogP contribution in [0.25, 0.3) is 11.1 Å². The molecule has 16 nitrogen and oxygen atoms in total. The van der Waals surface area contributed by atoms with Gasteiger partial charge in [-0.25, -0.2) is 9.59 Å². The van der Waals surface area contributed by atoms with Gasteiger partial charge in [-0.05, 0) is 82.2 Å². The molecule has 3 aromatic carbocycles. The first kappa shape index (κ1) is 47.4. The number of fused-ring (bicyclic) bond motifs is 3. The maximum Gasteiger partial charge on any atom is 0.407 e. The number of aliphatic carboxylic acids is 1. The lowest BCUT2D eigenvalue weighted by Gasteiger charge is -2.28. The van der Waals surface area contributed by atoms with Crippen LogP contribution < -0.4 is 27.0 Å². The van der Waals surface area contributed by atoms with Crippen molar-refractivity contribution in [2.75, 3.05) is 13.2 Å². The Balaban J connectivity index is 1.52. The highest BCUT2D eigenvalue weighted by atomic mass is 16.6. The molecule has 7 N–H and O–H groups in total. The van der Waals surface area contributed by atoms with Gasteiger partial charge in [0.05, 0.1) is 12.2 Å². The third kappa shape index (κ3) is 15.0. The standard InChI is InChI=1S/C45H57N5O11/c1-44(2,3)60-26-36(50-43(58)59-25-32-30-18-12-10-16-28(30)29-17-11-13-19-31(29)32)41(55)49-35(24-27-14-8-7-9-15-27)40(54)47-33(20-22-37(46)51)39(53)48-34(42(56)57)21-23-38(52)61-45(4,5)6/h7-19,32-36H,20-26H2,1-6H3,(H2,46,51)(H,47,54)(H,48,53)(H,49,55)(H,50,58)(H,56,57)/t33-,34-,35+,36+/m0/s1. The number of carbonyl (C=O) groups excluding carboxylic acids is 6. The van der Waals surface area contributed by atoms with Crippen LogP contribution in [0.1, 0.15) is 89.8 Å². The van der Waals surface area contributed by atoms with Gasteiger partial charge in [-0.3, -0.25) is 24.0 Å². The van der Waals surface area contributed by atoms with Crippen LogP contribution in [-0.4, -0.2) is 95.4 Å². The first-order valence-electron chi connectivity index (χ1n) is 20.1. The second kappa shape index (κ2) is 21.3. The SMILES string of the molecule is CC(C)(C)OC[C@@H](NC(=O)OCC1c2ccccc2-c2ccccc21)C(=O)N[C@H](Cc1ccccc1)C(=O)N[C@@H](CCC(N)=O)C(=O)N[C@@H](CCC(=O)OC(C)(C)C)C(=O)O. The summed E-state index contributed by atoms with van der Waals surface area (Å²) in [5, 5.41) is 20.0. The molecule has 3 aromatic rings. The van der Waals surface area contributed by atoms with E-state index < -0.39 is 77.0 Å². The highest BCUT2D eigenvalue weighted by Crippen LogP contribution is 2.44. The Morgan fingerprint density at radius 1 is 0.639 bits per heavy atom. The minimum Gasteiger partial charge on any atom is -0.480 e. The summed E-state index contributed by atoms with van der Waals surface area (Å²) >= 11 is 0. The van der Waals surface area contributed by atoms with Gasteiger partial charge in [0.25, 0.3) is 0 Å². The predicted molar refractivity (Wildman–Crippen MR) is 225 cm³/mol. The van der Waals surface area contributed by atoms with E-state index in [0.717, 1.165) is 22.3 Å². The molecule has 328 valence electrons. The molecule has 0 saturated heterocycles. The summed E-state index contributed by atoms with van der Waals surface area (Å²) in [6.07, 6.45) is -2.31. The smallest absolute Gasteiger partial charge is 0.407 e. The topological polar surface area (TPSA) is 242 Å². The maximum atomic E-state index is 14.1. The Hall–Kier alpha value is -6.29. The molecular weight excluding hydrogens is 787 g/mol. The molecule has 4 rings (SSSR count). The van der Waals surface area contributed by atoms with Gasteiger partial charge in [0, 0.05) is 25.2 Å². The summed E-state index contributed by atoms with van der Waals surface area (Å²) in [4.78, 5) is 91.3. The fourth-order valence-corrected chi connectivity index (χ4v) is 6.64. The quantitative estimate of drug-likeness (QED) is 0.0892. The van der Waals surface area contributed by atoms with Crippen molar-refractivity contribution in [2.45, 2.75) is 115 Å². The Labute approximate surface area is 355 Å². The maximum absolute atomic E-state index is 14.1. The molecule has 61 heavy (non-hydrogen) atoms. The van der Waals surface area contributed by atoms with Crippen LogP contribution in [0.5, 0.6) is 0 Å². The summed E-state index contributed by atoms with van der Waals surface area (Å²) in [6.45, 7) is 9.94. The molecule has 0 saturated carbocycles. The van der Waals surface area contributed by atoms with Crippen molar-refractivity contribution in [3.63, 3.8) is 0 Å². The number of benzene rings is 3.